The lowest BCUT2D eigenvalue weighted by Gasteiger charge is -2.15. The molecule has 4 nitrogen and oxygen atoms in total. The van der Waals surface area contributed by atoms with Crippen LogP contribution in [0.2, 0.25) is 0 Å². The quantitative estimate of drug-likeness (QED) is 0.817. The first-order valence-corrected chi connectivity index (χ1v) is 5.98. The summed E-state index contributed by atoms with van der Waals surface area (Å²) in [5.41, 5.74) is 7.78. The highest BCUT2D eigenvalue weighted by atomic mass is 16.2. The van der Waals surface area contributed by atoms with Gasteiger partial charge in [0.25, 0.3) is 0 Å². The van der Waals surface area contributed by atoms with E-state index in [-0.39, 0.29) is 11.9 Å². The number of anilines is 1. The summed E-state index contributed by atoms with van der Waals surface area (Å²) in [5.74, 6) is 0.0356. The zero-order valence-corrected chi connectivity index (χ0v) is 10.1. The molecule has 0 unspecified atom stereocenters. The van der Waals surface area contributed by atoms with Gasteiger partial charge in [0, 0.05) is 24.8 Å². The first-order valence-electron chi connectivity index (χ1n) is 5.98. The number of aryl methyl sites for hydroxylation is 1. The Balaban J connectivity index is 1.87. The Morgan fingerprint density at radius 3 is 2.94 bits per heavy atom. The third-order valence-corrected chi connectivity index (χ3v) is 3.10. The summed E-state index contributed by atoms with van der Waals surface area (Å²) in [5, 5.41) is 2.93. The summed E-state index contributed by atoms with van der Waals surface area (Å²) in [7, 11) is 0. The van der Waals surface area contributed by atoms with Gasteiger partial charge in [-0.3, -0.25) is 9.69 Å². The molecule has 1 fully saturated rings. The molecule has 17 heavy (non-hydrogen) atoms. The first kappa shape index (κ1) is 12.1. The van der Waals surface area contributed by atoms with Crippen LogP contribution in [-0.2, 0) is 4.79 Å². The molecule has 1 atom stereocenters. The Kier molecular flexibility index (Phi) is 3.76. The Bertz CT molecular complexity index is 405. The lowest BCUT2D eigenvalue weighted by atomic mass is 10.2. The van der Waals surface area contributed by atoms with Gasteiger partial charge < -0.3 is 11.1 Å². The Morgan fingerprint density at radius 1 is 1.53 bits per heavy atom. The molecule has 1 aromatic carbocycles. The van der Waals surface area contributed by atoms with Crippen LogP contribution in [0.5, 0.6) is 0 Å². The van der Waals surface area contributed by atoms with Crippen LogP contribution in [0, 0.1) is 6.92 Å². The van der Waals surface area contributed by atoms with Crippen molar-refractivity contribution in [1.29, 1.82) is 0 Å². The second-order valence-electron chi connectivity index (χ2n) is 4.65. The summed E-state index contributed by atoms with van der Waals surface area (Å²) in [6.45, 7) is 4.16. The van der Waals surface area contributed by atoms with Crippen molar-refractivity contribution in [3.05, 3.63) is 29.8 Å². The van der Waals surface area contributed by atoms with Gasteiger partial charge in [0.2, 0.25) is 5.91 Å². The highest BCUT2D eigenvalue weighted by Crippen LogP contribution is 2.13. The van der Waals surface area contributed by atoms with Crippen molar-refractivity contribution in [3.63, 3.8) is 0 Å². The van der Waals surface area contributed by atoms with Gasteiger partial charge in [0.05, 0.1) is 6.54 Å². The third-order valence-electron chi connectivity index (χ3n) is 3.10. The highest BCUT2D eigenvalue weighted by Gasteiger charge is 2.20. The Labute approximate surface area is 102 Å². The van der Waals surface area contributed by atoms with Crippen LogP contribution >= 0.6 is 0 Å². The smallest absolute Gasteiger partial charge is 0.238 e. The molecule has 0 saturated carbocycles. The lowest BCUT2D eigenvalue weighted by molar-refractivity contribution is -0.117. The third kappa shape index (κ3) is 3.28. The van der Waals surface area contributed by atoms with Gasteiger partial charge in [-0.1, -0.05) is 18.2 Å². The monoisotopic (exact) mass is 233 g/mol. The molecular formula is C13H19N3O. The standard InChI is InChI=1S/C13H19N3O/c1-10-4-2-3-5-12(10)15-13(17)9-16-7-6-11(14)8-16/h2-5,11H,6-9,14H2,1H3,(H,15,17)/t11-/m0/s1. The molecule has 3 N–H and O–H groups in total. The summed E-state index contributed by atoms with van der Waals surface area (Å²) < 4.78 is 0. The number of para-hydroxylation sites is 1. The molecule has 0 bridgehead atoms. The van der Waals surface area contributed by atoms with E-state index >= 15 is 0 Å². The zero-order chi connectivity index (χ0) is 12.3. The predicted molar refractivity (Wildman–Crippen MR) is 68.8 cm³/mol. The first-order chi connectivity index (χ1) is 8.15. The molecular weight excluding hydrogens is 214 g/mol. The zero-order valence-electron chi connectivity index (χ0n) is 10.1. The van der Waals surface area contributed by atoms with Gasteiger partial charge in [-0.05, 0) is 25.0 Å². The van der Waals surface area contributed by atoms with E-state index in [1.807, 2.05) is 31.2 Å². The van der Waals surface area contributed by atoms with Gasteiger partial charge in [-0.2, -0.15) is 0 Å². The van der Waals surface area contributed by atoms with Crippen molar-refractivity contribution in [1.82, 2.24) is 4.90 Å². The number of hydrogen-bond donors (Lipinski definition) is 2. The maximum Gasteiger partial charge on any atom is 0.238 e. The molecule has 1 aliphatic rings. The van der Waals surface area contributed by atoms with Gasteiger partial charge in [0.15, 0.2) is 0 Å². The van der Waals surface area contributed by atoms with Gasteiger partial charge in [0.1, 0.15) is 0 Å². The minimum atomic E-state index is 0.0356. The summed E-state index contributed by atoms with van der Waals surface area (Å²) >= 11 is 0. The van der Waals surface area contributed by atoms with E-state index in [1.54, 1.807) is 0 Å². The van der Waals surface area contributed by atoms with E-state index in [1.165, 1.54) is 0 Å². The fourth-order valence-corrected chi connectivity index (χ4v) is 2.11. The molecule has 2 rings (SSSR count). The lowest BCUT2D eigenvalue weighted by Crippen LogP contribution is -2.33. The van der Waals surface area contributed by atoms with E-state index in [0.29, 0.717) is 6.54 Å². The van der Waals surface area contributed by atoms with Crippen LogP contribution in [0.15, 0.2) is 24.3 Å². The fraction of sp³-hybridized carbons (Fsp3) is 0.462. The Morgan fingerprint density at radius 2 is 2.29 bits per heavy atom. The number of benzene rings is 1. The van der Waals surface area contributed by atoms with Crippen LogP contribution in [0.1, 0.15) is 12.0 Å². The number of nitrogens with one attached hydrogen (secondary N) is 1. The van der Waals surface area contributed by atoms with Crippen molar-refractivity contribution in [3.8, 4) is 0 Å². The normalized spacial score (nSPS) is 20.5. The van der Waals surface area contributed by atoms with Crippen molar-refractivity contribution >= 4 is 11.6 Å². The number of nitrogens with zero attached hydrogens (tertiary/aromatic N) is 1. The SMILES string of the molecule is Cc1ccccc1NC(=O)CN1CC[C@H](N)C1. The number of likely N-dealkylation sites (tertiary alicyclic amines) is 1. The van der Waals surface area contributed by atoms with Crippen LogP contribution in [-0.4, -0.2) is 36.5 Å². The topological polar surface area (TPSA) is 58.4 Å². The van der Waals surface area contributed by atoms with Crippen LogP contribution < -0.4 is 11.1 Å². The van der Waals surface area contributed by atoms with E-state index < -0.39 is 0 Å². The van der Waals surface area contributed by atoms with Gasteiger partial charge >= 0.3 is 0 Å². The maximum atomic E-state index is 11.8. The number of rotatable bonds is 3. The molecule has 1 amide bonds. The minimum Gasteiger partial charge on any atom is -0.326 e. The number of nitrogens with two attached hydrogens (primary N) is 1. The molecule has 1 aliphatic heterocycles. The number of hydrogen-bond acceptors (Lipinski definition) is 3. The van der Waals surface area contributed by atoms with Crippen molar-refractivity contribution in [2.75, 3.05) is 25.0 Å². The molecule has 0 spiro atoms. The van der Waals surface area contributed by atoms with Crippen LogP contribution in [0.25, 0.3) is 0 Å². The maximum absolute atomic E-state index is 11.8. The largest absolute Gasteiger partial charge is 0.326 e. The van der Waals surface area contributed by atoms with Crippen molar-refractivity contribution in [2.24, 2.45) is 5.73 Å². The predicted octanol–water partition coefficient (Wildman–Crippen LogP) is 0.967. The molecule has 0 aromatic heterocycles. The molecule has 1 heterocycles. The van der Waals surface area contributed by atoms with E-state index in [2.05, 4.69) is 10.2 Å². The van der Waals surface area contributed by atoms with Crippen molar-refractivity contribution < 1.29 is 4.79 Å². The number of carbonyl (C=O) groups is 1. The Hall–Kier alpha value is -1.39. The molecule has 1 saturated heterocycles. The average Bonchev–Trinajstić information content (AvgIpc) is 2.67. The van der Waals surface area contributed by atoms with Crippen LogP contribution in [0.4, 0.5) is 5.69 Å². The average molecular weight is 233 g/mol. The van der Waals surface area contributed by atoms with Gasteiger partial charge in [-0.25, -0.2) is 0 Å². The molecule has 1 aromatic rings. The number of amides is 1. The summed E-state index contributed by atoms with van der Waals surface area (Å²) in [6, 6.07) is 8.02. The molecule has 92 valence electrons. The molecule has 0 radical (unpaired) electrons. The van der Waals surface area contributed by atoms with E-state index in [0.717, 1.165) is 30.8 Å². The second kappa shape index (κ2) is 5.29. The highest BCUT2D eigenvalue weighted by molar-refractivity contribution is 5.92. The van der Waals surface area contributed by atoms with Crippen molar-refractivity contribution in [2.45, 2.75) is 19.4 Å². The second-order valence-corrected chi connectivity index (χ2v) is 4.65. The van der Waals surface area contributed by atoms with Gasteiger partial charge in [-0.15, -0.1) is 0 Å². The van der Waals surface area contributed by atoms with Crippen LogP contribution in [0.3, 0.4) is 0 Å². The number of carbonyl (C=O) groups excluding carboxylic acids is 1. The van der Waals surface area contributed by atoms with E-state index in [4.69, 9.17) is 5.73 Å². The minimum absolute atomic E-state index is 0.0356. The molecule has 4 heteroatoms. The fourth-order valence-electron chi connectivity index (χ4n) is 2.11. The summed E-state index contributed by atoms with van der Waals surface area (Å²) in [4.78, 5) is 13.9. The molecule has 0 aliphatic carbocycles. The summed E-state index contributed by atoms with van der Waals surface area (Å²) in [6.07, 6.45) is 0.984. The van der Waals surface area contributed by atoms with E-state index in [9.17, 15) is 4.79 Å².